The van der Waals surface area contributed by atoms with E-state index in [1.165, 1.54) is 11.1 Å². The first-order valence-corrected chi connectivity index (χ1v) is 7.40. The molecule has 0 amide bonds. The van der Waals surface area contributed by atoms with E-state index in [1.54, 1.807) is 7.11 Å². The molecule has 3 atom stereocenters. The first kappa shape index (κ1) is 14.4. The summed E-state index contributed by atoms with van der Waals surface area (Å²) in [4.78, 5) is 0. The van der Waals surface area contributed by atoms with Crippen LogP contribution in [-0.4, -0.2) is 19.3 Å². The van der Waals surface area contributed by atoms with E-state index in [0.717, 1.165) is 18.6 Å². The zero-order chi connectivity index (χ0) is 14.0. The largest absolute Gasteiger partial charge is 0.496 e. The fourth-order valence-corrected chi connectivity index (χ4v) is 2.75. The summed E-state index contributed by atoms with van der Waals surface area (Å²) in [7, 11) is 1.75. The quantitative estimate of drug-likeness (QED) is 0.705. The molecule has 2 nitrogen and oxygen atoms in total. The third-order valence-corrected chi connectivity index (χ3v) is 4.19. The first-order valence-electron chi connectivity index (χ1n) is 7.40. The van der Waals surface area contributed by atoms with Gasteiger partial charge in [-0.1, -0.05) is 32.9 Å². The van der Waals surface area contributed by atoms with Crippen LogP contribution in [0, 0.1) is 0 Å². The molecule has 106 valence electrons. The molecule has 3 unspecified atom stereocenters. The van der Waals surface area contributed by atoms with Gasteiger partial charge >= 0.3 is 0 Å². The molecule has 2 rings (SSSR count). The highest BCUT2D eigenvalue weighted by molar-refractivity contribution is 5.40. The Hall–Kier alpha value is -1.02. The molecular formula is C17H26O2. The van der Waals surface area contributed by atoms with Crippen molar-refractivity contribution < 1.29 is 9.47 Å². The molecule has 0 saturated carbocycles. The number of benzene rings is 1. The highest BCUT2D eigenvalue weighted by Gasteiger charge is 2.36. The molecule has 1 aromatic rings. The first-order chi connectivity index (χ1) is 9.06. The number of methoxy groups -OCH3 is 1. The van der Waals surface area contributed by atoms with E-state index >= 15 is 0 Å². The number of epoxide rings is 1. The monoisotopic (exact) mass is 262 g/mol. The van der Waals surface area contributed by atoms with Crippen molar-refractivity contribution in [3.8, 4) is 5.75 Å². The van der Waals surface area contributed by atoms with Crippen molar-refractivity contribution >= 4 is 0 Å². The molecule has 1 fully saturated rings. The second-order valence-corrected chi connectivity index (χ2v) is 5.88. The molecule has 0 spiro atoms. The molecule has 0 aromatic heterocycles. The topological polar surface area (TPSA) is 21.8 Å². The predicted octanol–water partition coefficient (Wildman–Crippen LogP) is 4.49. The van der Waals surface area contributed by atoms with Gasteiger partial charge in [-0.25, -0.2) is 0 Å². The van der Waals surface area contributed by atoms with Gasteiger partial charge in [-0.2, -0.15) is 0 Å². The van der Waals surface area contributed by atoms with E-state index in [-0.39, 0.29) is 0 Å². The summed E-state index contributed by atoms with van der Waals surface area (Å²) in [6, 6.07) is 6.65. The van der Waals surface area contributed by atoms with Gasteiger partial charge in [-0.05, 0) is 48.8 Å². The van der Waals surface area contributed by atoms with Gasteiger partial charge in [0.15, 0.2) is 0 Å². The van der Waals surface area contributed by atoms with E-state index in [1.807, 2.05) is 0 Å². The van der Waals surface area contributed by atoms with Gasteiger partial charge in [0.2, 0.25) is 0 Å². The molecule has 0 N–H and O–H groups in total. The van der Waals surface area contributed by atoms with Crippen molar-refractivity contribution in [2.45, 2.75) is 64.6 Å². The average molecular weight is 262 g/mol. The van der Waals surface area contributed by atoms with Gasteiger partial charge in [-0.3, -0.25) is 0 Å². The van der Waals surface area contributed by atoms with Crippen LogP contribution in [0.25, 0.3) is 0 Å². The maximum atomic E-state index is 5.57. The number of hydrogen-bond acceptors (Lipinski definition) is 2. The Kier molecular flexibility index (Phi) is 4.51. The van der Waals surface area contributed by atoms with Gasteiger partial charge in [0.25, 0.3) is 0 Å². The third kappa shape index (κ3) is 3.30. The van der Waals surface area contributed by atoms with E-state index < -0.39 is 0 Å². The Bertz CT molecular complexity index is 425. The van der Waals surface area contributed by atoms with Gasteiger partial charge in [0.05, 0.1) is 19.3 Å². The molecule has 1 saturated heterocycles. The molecular weight excluding hydrogens is 236 g/mol. The van der Waals surface area contributed by atoms with Crippen molar-refractivity contribution in [3.05, 3.63) is 29.3 Å². The van der Waals surface area contributed by atoms with E-state index in [4.69, 9.17) is 9.47 Å². The lowest BCUT2D eigenvalue weighted by Gasteiger charge is -2.18. The summed E-state index contributed by atoms with van der Waals surface area (Å²) in [5.41, 5.74) is 2.73. The second kappa shape index (κ2) is 5.96. The van der Waals surface area contributed by atoms with Gasteiger partial charge < -0.3 is 9.47 Å². The zero-order valence-corrected chi connectivity index (χ0v) is 12.8. The van der Waals surface area contributed by atoms with Crippen LogP contribution in [0.3, 0.4) is 0 Å². The molecule has 0 aliphatic carbocycles. The molecule has 2 heteroatoms. The van der Waals surface area contributed by atoms with Crippen LogP contribution < -0.4 is 4.74 Å². The lowest BCUT2D eigenvalue weighted by atomic mass is 9.88. The molecule has 0 radical (unpaired) electrons. The summed E-state index contributed by atoms with van der Waals surface area (Å²) in [5, 5.41) is 0. The van der Waals surface area contributed by atoms with Crippen LogP contribution >= 0.6 is 0 Å². The second-order valence-electron chi connectivity index (χ2n) is 5.88. The van der Waals surface area contributed by atoms with E-state index in [0.29, 0.717) is 24.0 Å². The lowest BCUT2D eigenvalue weighted by molar-refractivity contribution is 0.357. The van der Waals surface area contributed by atoms with Crippen molar-refractivity contribution in [1.82, 2.24) is 0 Å². The standard InChI is InChI=1S/C17H26O2/c1-6-13(10-17-12(4)19-17)14-7-8-16(18-5)15(9-14)11(2)3/h7-9,11-13,17H,6,10H2,1-5H3. The normalized spacial score (nSPS) is 23.5. The SMILES string of the molecule is CCC(CC1OC1C)c1ccc(OC)c(C(C)C)c1. The number of hydrogen-bond donors (Lipinski definition) is 0. The van der Waals surface area contributed by atoms with Crippen LogP contribution in [-0.2, 0) is 4.74 Å². The van der Waals surface area contributed by atoms with E-state index in [9.17, 15) is 0 Å². The average Bonchev–Trinajstić information content (AvgIpc) is 3.10. The Morgan fingerprint density at radius 2 is 2.00 bits per heavy atom. The highest BCUT2D eigenvalue weighted by Crippen LogP contribution is 2.37. The maximum Gasteiger partial charge on any atom is 0.122 e. The Morgan fingerprint density at radius 1 is 1.32 bits per heavy atom. The van der Waals surface area contributed by atoms with Gasteiger partial charge in [0, 0.05) is 0 Å². The summed E-state index contributed by atoms with van der Waals surface area (Å²) >= 11 is 0. The smallest absolute Gasteiger partial charge is 0.122 e. The molecule has 1 aromatic carbocycles. The zero-order valence-electron chi connectivity index (χ0n) is 12.8. The molecule has 19 heavy (non-hydrogen) atoms. The summed E-state index contributed by atoms with van der Waals surface area (Å²) < 4.78 is 11.0. The predicted molar refractivity (Wildman–Crippen MR) is 79.1 cm³/mol. The lowest BCUT2D eigenvalue weighted by Crippen LogP contribution is -2.05. The number of ether oxygens (including phenoxy) is 2. The van der Waals surface area contributed by atoms with Crippen LogP contribution in [0.15, 0.2) is 18.2 Å². The van der Waals surface area contributed by atoms with Crippen LogP contribution in [0.5, 0.6) is 5.75 Å². The van der Waals surface area contributed by atoms with Gasteiger partial charge in [-0.15, -0.1) is 0 Å². The Labute approximate surface area is 117 Å². The van der Waals surface area contributed by atoms with Crippen molar-refractivity contribution in [2.24, 2.45) is 0 Å². The maximum absolute atomic E-state index is 5.57. The highest BCUT2D eigenvalue weighted by atomic mass is 16.6. The van der Waals surface area contributed by atoms with Crippen LogP contribution in [0.4, 0.5) is 0 Å². The molecule has 1 aliphatic rings. The number of rotatable bonds is 6. The van der Waals surface area contributed by atoms with Crippen LogP contribution in [0.2, 0.25) is 0 Å². The van der Waals surface area contributed by atoms with E-state index in [2.05, 4.69) is 45.9 Å². The van der Waals surface area contributed by atoms with Gasteiger partial charge in [0.1, 0.15) is 5.75 Å². The minimum Gasteiger partial charge on any atom is -0.496 e. The fourth-order valence-electron chi connectivity index (χ4n) is 2.75. The minimum absolute atomic E-state index is 0.455. The molecule has 1 heterocycles. The summed E-state index contributed by atoms with van der Waals surface area (Å²) in [6.07, 6.45) is 3.23. The molecule has 1 aliphatic heterocycles. The fraction of sp³-hybridized carbons (Fsp3) is 0.647. The minimum atomic E-state index is 0.455. The third-order valence-electron chi connectivity index (χ3n) is 4.19. The van der Waals surface area contributed by atoms with Crippen molar-refractivity contribution in [1.29, 1.82) is 0 Å². The summed E-state index contributed by atoms with van der Waals surface area (Å²) in [5.74, 6) is 2.09. The van der Waals surface area contributed by atoms with Crippen molar-refractivity contribution in [2.75, 3.05) is 7.11 Å². The van der Waals surface area contributed by atoms with Crippen LogP contribution in [0.1, 0.15) is 63.5 Å². The summed E-state index contributed by atoms with van der Waals surface area (Å²) in [6.45, 7) is 8.85. The molecule has 0 bridgehead atoms. The Morgan fingerprint density at radius 3 is 2.47 bits per heavy atom. The van der Waals surface area contributed by atoms with Crippen molar-refractivity contribution in [3.63, 3.8) is 0 Å². The Balaban J connectivity index is 2.20.